The van der Waals surface area contributed by atoms with Crippen LogP contribution in [0.1, 0.15) is 75.3 Å². The first-order valence-electron chi connectivity index (χ1n) is 16.3. The summed E-state index contributed by atoms with van der Waals surface area (Å²) in [5.41, 5.74) is 6.13. The van der Waals surface area contributed by atoms with Crippen LogP contribution in [0, 0.1) is 5.82 Å². The number of ketones is 1. The van der Waals surface area contributed by atoms with Gasteiger partial charge in [0.05, 0.1) is 15.6 Å². The topological polar surface area (TPSA) is 75.7 Å². The van der Waals surface area contributed by atoms with Crippen molar-refractivity contribution in [3.05, 3.63) is 140 Å². The molecule has 4 aromatic rings. The van der Waals surface area contributed by atoms with Crippen LogP contribution >= 0.6 is 23.2 Å². The van der Waals surface area contributed by atoms with E-state index in [0.29, 0.717) is 32.5 Å². The summed E-state index contributed by atoms with van der Waals surface area (Å²) in [5, 5.41) is 3.22. The fraction of sp³-hybridized carbons (Fsp3) is 0.308. The van der Waals surface area contributed by atoms with Crippen LogP contribution in [-0.2, 0) is 46.9 Å². The van der Waals surface area contributed by atoms with Gasteiger partial charge in [0.25, 0.3) is 5.91 Å². The van der Waals surface area contributed by atoms with Gasteiger partial charge in [0.2, 0.25) is 0 Å². The minimum atomic E-state index is -1.07. The summed E-state index contributed by atoms with van der Waals surface area (Å²) in [6, 6.07) is 24.6. The van der Waals surface area contributed by atoms with Crippen molar-refractivity contribution in [2.45, 2.75) is 70.2 Å². The van der Waals surface area contributed by atoms with E-state index in [1.165, 1.54) is 23.3 Å². The minimum Gasteiger partial charge on any atom is -0.459 e. The largest absolute Gasteiger partial charge is 0.459 e. The van der Waals surface area contributed by atoms with Crippen LogP contribution in [0.3, 0.4) is 0 Å². The van der Waals surface area contributed by atoms with Gasteiger partial charge >= 0.3 is 5.97 Å². The molecule has 0 spiro atoms. The number of carbonyl (C=O) groups excluding carboxylic acids is 3. The molecule has 48 heavy (non-hydrogen) atoms. The fourth-order valence-electron chi connectivity index (χ4n) is 6.75. The van der Waals surface area contributed by atoms with Gasteiger partial charge in [0.15, 0.2) is 0 Å². The van der Waals surface area contributed by atoms with Gasteiger partial charge in [-0.3, -0.25) is 14.5 Å². The third kappa shape index (κ3) is 8.15. The molecule has 1 heterocycles. The number of carbonyl (C=O) groups is 3. The number of hydrogen-bond donors (Lipinski definition) is 1. The molecule has 0 aromatic heterocycles. The highest BCUT2D eigenvalue weighted by atomic mass is 35.5. The SMILES string of the molecule is O=C(CC[C@H](NC(=O)c1c(Cl)cc2c(c1Cl)CCN(Cc1ccc(F)cc1)C2)C(=O)OCc1ccccc1)C[C@@H]1CCc2ccccc21. The first-order valence-corrected chi connectivity index (χ1v) is 17.1. The van der Waals surface area contributed by atoms with Crippen LogP contribution in [0.25, 0.3) is 0 Å². The second-order valence-electron chi connectivity index (χ2n) is 12.6. The van der Waals surface area contributed by atoms with E-state index in [4.69, 9.17) is 27.9 Å². The van der Waals surface area contributed by atoms with Gasteiger partial charge in [-0.05, 0) is 83.2 Å². The Bertz CT molecular complexity index is 1800. The maximum atomic E-state index is 13.7. The summed E-state index contributed by atoms with van der Waals surface area (Å²) in [6.45, 7) is 1.93. The minimum absolute atomic E-state index is 0.0295. The third-order valence-electron chi connectivity index (χ3n) is 9.29. The molecule has 0 radical (unpaired) electrons. The predicted molar refractivity (Wildman–Crippen MR) is 185 cm³/mol. The molecule has 248 valence electrons. The summed E-state index contributed by atoms with van der Waals surface area (Å²) in [6.07, 6.45) is 3.05. The van der Waals surface area contributed by atoms with Crippen LogP contribution in [0.4, 0.5) is 4.39 Å². The Morgan fingerprint density at radius 2 is 1.67 bits per heavy atom. The molecule has 1 aliphatic heterocycles. The molecule has 2 atom stereocenters. The molecule has 0 unspecified atom stereocenters. The number of Topliss-reactive ketones (excluding diaryl/α,β-unsaturated/α-hetero) is 1. The Labute approximate surface area is 290 Å². The Balaban J connectivity index is 1.14. The number of ether oxygens (including phenoxy) is 1. The zero-order chi connectivity index (χ0) is 33.6. The van der Waals surface area contributed by atoms with Gasteiger partial charge in [0.1, 0.15) is 24.2 Å². The average Bonchev–Trinajstić information content (AvgIpc) is 3.49. The highest BCUT2D eigenvalue weighted by Crippen LogP contribution is 2.37. The molecule has 2 aliphatic rings. The van der Waals surface area contributed by atoms with Crippen molar-refractivity contribution >= 4 is 40.9 Å². The monoisotopic (exact) mass is 686 g/mol. The average molecular weight is 688 g/mol. The number of nitrogens with zero attached hydrogens (tertiary/aromatic N) is 1. The van der Waals surface area contributed by atoms with Gasteiger partial charge in [-0.25, -0.2) is 9.18 Å². The van der Waals surface area contributed by atoms with Gasteiger partial charge in [-0.15, -0.1) is 0 Å². The first kappa shape index (κ1) is 33.8. The molecule has 6 nitrogen and oxygen atoms in total. The van der Waals surface area contributed by atoms with Crippen molar-refractivity contribution < 1.29 is 23.5 Å². The molecule has 6 rings (SSSR count). The van der Waals surface area contributed by atoms with Crippen LogP contribution < -0.4 is 5.32 Å². The van der Waals surface area contributed by atoms with Crippen LogP contribution in [0.5, 0.6) is 0 Å². The molecule has 0 saturated heterocycles. The van der Waals surface area contributed by atoms with Gasteiger partial charge < -0.3 is 10.1 Å². The summed E-state index contributed by atoms with van der Waals surface area (Å²) >= 11 is 13.5. The van der Waals surface area contributed by atoms with Crippen molar-refractivity contribution in [1.29, 1.82) is 0 Å². The number of hydrogen-bond acceptors (Lipinski definition) is 5. The number of halogens is 3. The lowest BCUT2D eigenvalue weighted by Crippen LogP contribution is -2.42. The van der Waals surface area contributed by atoms with E-state index in [-0.39, 0.29) is 52.6 Å². The Kier molecular flexibility index (Phi) is 10.9. The summed E-state index contributed by atoms with van der Waals surface area (Å²) in [5.74, 6) is -1.32. The normalized spacial score (nSPS) is 16.1. The van der Waals surface area contributed by atoms with E-state index in [0.717, 1.165) is 35.1 Å². The van der Waals surface area contributed by atoms with E-state index in [1.54, 1.807) is 18.2 Å². The van der Waals surface area contributed by atoms with E-state index < -0.39 is 17.9 Å². The number of rotatable bonds is 12. The molecule has 0 fully saturated rings. The van der Waals surface area contributed by atoms with Crippen molar-refractivity contribution in [3.8, 4) is 0 Å². The lowest BCUT2D eigenvalue weighted by atomic mass is 9.93. The van der Waals surface area contributed by atoms with Gasteiger partial charge in [0, 0.05) is 32.5 Å². The number of fused-ring (bicyclic) bond motifs is 2. The summed E-state index contributed by atoms with van der Waals surface area (Å²) in [4.78, 5) is 42.5. The Morgan fingerprint density at radius 1 is 0.917 bits per heavy atom. The fourth-order valence-corrected chi connectivity index (χ4v) is 7.51. The first-order chi connectivity index (χ1) is 23.2. The lowest BCUT2D eigenvalue weighted by molar-refractivity contribution is -0.147. The zero-order valence-corrected chi connectivity index (χ0v) is 28.0. The van der Waals surface area contributed by atoms with Gasteiger partial charge in [-0.1, -0.05) is 89.9 Å². The number of esters is 1. The maximum absolute atomic E-state index is 13.7. The Morgan fingerprint density at radius 3 is 2.46 bits per heavy atom. The second kappa shape index (κ2) is 15.5. The van der Waals surface area contributed by atoms with E-state index in [2.05, 4.69) is 22.3 Å². The summed E-state index contributed by atoms with van der Waals surface area (Å²) < 4.78 is 19.0. The van der Waals surface area contributed by atoms with E-state index in [1.807, 2.05) is 42.5 Å². The van der Waals surface area contributed by atoms with Crippen molar-refractivity contribution in [2.24, 2.45) is 0 Å². The highest BCUT2D eigenvalue weighted by Gasteiger charge is 2.30. The predicted octanol–water partition coefficient (Wildman–Crippen LogP) is 8.00. The number of amides is 1. The standard InChI is InChI=1S/C39H37Cl2FN2O4/c40-34-21-29-23-44(22-25-10-14-30(42)15-11-25)19-18-33(29)37(41)36(34)38(46)43-35(39(47)48-24-26-6-2-1-3-7-26)17-16-31(45)20-28-13-12-27-8-4-5-9-32(27)28/h1-11,14-15,21,28,35H,12-13,16-20,22-24H2,(H,43,46)/t28-,35-/m0/s1. The molecule has 0 bridgehead atoms. The van der Waals surface area contributed by atoms with Crippen molar-refractivity contribution in [3.63, 3.8) is 0 Å². The molecule has 9 heteroatoms. The Hall–Kier alpha value is -4.04. The molecule has 1 aliphatic carbocycles. The molecule has 0 saturated carbocycles. The van der Waals surface area contributed by atoms with Crippen LogP contribution in [-0.4, -0.2) is 35.1 Å². The quantitative estimate of drug-likeness (QED) is 0.153. The molecule has 4 aromatic carbocycles. The molecule has 1 N–H and O–H groups in total. The maximum Gasteiger partial charge on any atom is 0.328 e. The van der Waals surface area contributed by atoms with E-state index >= 15 is 0 Å². The third-order valence-corrected chi connectivity index (χ3v) is 10.0. The molecule has 1 amide bonds. The highest BCUT2D eigenvalue weighted by molar-refractivity contribution is 6.40. The zero-order valence-electron chi connectivity index (χ0n) is 26.5. The number of aryl methyl sites for hydroxylation is 1. The van der Waals surface area contributed by atoms with Crippen LogP contribution in [0.15, 0.2) is 84.9 Å². The summed E-state index contributed by atoms with van der Waals surface area (Å²) in [7, 11) is 0. The van der Waals surface area contributed by atoms with E-state index in [9.17, 15) is 18.8 Å². The van der Waals surface area contributed by atoms with Gasteiger partial charge in [-0.2, -0.15) is 0 Å². The van der Waals surface area contributed by atoms with Crippen molar-refractivity contribution in [2.75, 3.05) is 6.54 Å². The molecular formula is C39H37Cl2FN2O4. The number of benzene rings is 4. The smallest absolute Gasteiger partial charge is 0.328 e. The molecular weight excluding hydrogens is 650 g/mol. The van der Waals surface area contributed by atoms with Crippen molar-refractivity contribution in [1.82, 2.24) is 10.2 Å². The number of nitrogens with one attached hydrogen (secondary N) is 1. The lowest BCUT2D eigenvalue weighted by Gasteiger charge is -2.30. The van der Waals surface area contributed by atoms with Crippen LogP contribution in [0.2, 0.25) is 10.0 Å². The second-order valence-corrected chi connectivity index (χ2v) is 13.4.